The molecule has 0 unspecified atom stereocenters. The predicted molar refractivity (Wildman–Crippen MR) is 99.6 cm³/mol. The van der Waals surface area contributed by atoms with Gasteiger partial charge < -0.3 is 10.6 Å². The van der Waals surface area contributed by atoms with Crippen molar-refractivity contribution in [3.63, 3.8) is 0 Å². The highest BCUT2D eigenvalue weighted by Crippen LogP contribution is 2.12. The molecule has 0 aliphatic carbocycles. The van der Waals surface area contributed by atoms with Crippen LogP contribution in [0, 0.1) is 5.92 Å². The first-order valence-corrected chi connectivity index (χ1v) is 8.88. The second-order valence-electron chi connectivity index (χ2n) is 5.68. The Morgan fingerprint density at radius 1 is 1.27 bits per heavy atom. The first-order valence-electron chi connectivity index (χ1n) is 7.73. The number of carbonyl (C=O) groups is 1. The molecule has 0 spiro atoms. The number of benzene rings is 1. The van der Waals surface area contributed by atoms with E-state index in [0.29, 0.717) is 24.8 Å². The van der Waals surface area contributed by atoms with Crippen molar-refractivity contribution in [2.24, 2.45) is 11.7 Å². The lowest BCUT2D eigenvalue weighted by molar-refractivity contribution is -0.129. The highest BCUT2D eigenvalue weighted by molar-refractivity contribution is 7.99. The molecule has 1 aromatic rings. The highest BCUT2D eigenvalue weighted by atomic mass is 35.5. The van der Waals surface area contributed by atoms with Crippen molar-refractivity contribution in [2.75, 3.05) is 24.6 Å². The maximum Gasteiger partial charge on any atom is 0.232 e. The van der Waals surface area contributed by atoms with Crippen molar-refractivity contribution in [1.29, 1.82) is 0 Å². The van der Waals surface area contributed by atoms with Gasteiger partial charge in [-0.3, -0.25) is 4.79 Å². The standard InChI is InChI=1S/C17H28N2OS.ClH/c1-15(2)9-12-21-14-17(20)19(11-6-10-18)13-16-7-4-3-5-8-16;/h3-5,7-8,15H,6,9-14,18H2,1-2H3;1H. The molecule has 1 aromatic carbocycles. The summed E-state index contributed by atoms with van der Waals surface area (Å²) < 4.78 is 0. The second kappa shape index (κ2) is 12.8. The van der Waals surface area contributed by atoms with Crippen molar-refractivity contribution in [2.45, 2.75) is 33.2 Å². The van der Waals surface area contributed by atoms with Crippen LogP contribution in [0.3, 0.4) is 0 Å². The van der Waals surface area contributed by atoms with Gasteiger partial charge >= 0.3 is 0 Å². The Kier molecular flexibility index (Phi) is 12.4. The lowest BCUT2D eigenvalue weighted by Gasteiger charge is -2.22. The molecule has 0 heterocycles. The van der Waals surface area contributed by atoms with Crippen LogP contribution in [0.4, 0.5) is 0 Å². The molecule has 0 bridgehead atoms. The summed E-state index contributed by atoms with van der Waals surface area (Å²) in [5.41, 5.74) is 6.76. The molecule has 0 atom stereocenters. The van der Waals surface area contributed by atoms with E-state index in [0.717, 1.165) is 18.7 Å². The van der Waals surface area contributed by atoms with Crippen LogP contribution in [0.25, 0.3) is 0 Å². The third kappa shape index (κ3) is 9.34. The van der Waals surface area contributed by atoms with Crippen molar-refractivity contribution in [3.05, 3.63) is 35.9 Å². The Bertz CT molecular complexity index is 401. The van der Waals surface area contributed by atoms with E-state index in [4.69, 9.17) is 5.73 Å². The molecule has 126 valence electrons. The molecular weight excluding hydrogens is 316 g/mol. The minimum Gasteiger partial charge on any atom is -0.338 e. The minimum absolute atomic E-state index is 0. The average Bonchev–Trinajstić information content (AvgIpc) is 2.48. The SMILES string of the molecule is CC(C)CCSCC(=O)N(CCCN)Cc1ccccc1.Cl. The largest absolute Gasteiger partial charge is 0.338 e. The van der Waals surface area contributed by atoms with Crippen molar-refractivity contribution < 1.29 is 4.79 Å². The summed E-state index contributed by atoms with van der Waals surface area (Å²) in [7, 11) is 0. The Morgan fingerprint density at radius 2 is 1.95 bits per heavy atom. The fraction of sp³-hybridized carbons (Fsp3) is 0.588. The second-order valence-corrected chi connectivity index (χ2v) is 6.78. The van der Waals surface area contributed by atoms with Gasteiger partial charge in [-0.1, -0.05) is 44.2 Å². The third-order valence-corrected chi connectivity index (χ3v) is 4.24. The number of hydrogen-bond donors (Lipinski definition) is 1. The molecule has 0 radical (unpaired) electrons. The van der Waals surface area contributed by atoms with Gasteiger partial charge in [-0.05, 0) is 36.6 Å². The van der Waals surface area contributed by atoms with Crippen LogP contribution in [0.1, 0.15) is 32.3 Å². The topological polar surface area (TPSA) is 46.3 Å². The summed E-state index contributed by atoms with van der Waals surface area (Å²) in [4.78, 5) is 14.3. The maximum atomic E-state index is 12.4. The summed E-state index contributed by atoms with van der Waals surface area (Å²) in [6, 6.07) is 10.1. The van der Waals surface area contributed by atoms with Gasteiger partial charge in [-0.2, -0.15) is 11.8 Å². The molecular formula is C17H29ClN2OS. The number of nitrogens with two attached hydrogens (primary N) is 1. The van der Waals surface area contributed by atoms with Gasteiger partial charge in [0.15, 0.2) is 0 Å². The summed E-state index contributed by atoms with van der Waals surface area (Å²) in [5, 5.41) is 0. The Morgan fingerprint density at radius 3 is 2.55 bits per heavy atom. The van der Waals surface area contributed by atoms with Gasteiger partial charge in [0.2, 0.25) is 5.91 Å². The molecule has 0 aromatic heterocycles. The van der Waals surface area contributed by atoms with E-state index in [9.17, 15) is 4.79 Å². The van der Waals surface area contributed by atoms with Gasteiger partial charge in [-0.25, -0.2) is 0 Å². The zero-order valence-corrected chi connectivity index (χ0v) is 15.3. The summed E-state index contributed by atoms with van der Waals surface area (Å²) >= 11 is 1.74. The molecule has 0 aliphatic rings. The summed E-state index contributed by atoms with van der Waals surface area (Å²) in [6.45, 7) is 6.48. The van der Waals surface area contributed by atoms with Crippen LogP contribution in [0.15, 0.2) is 30.3 Å². The van der Waals surface area contributed by atoms with E-state index in [1.165, 1.54) is 12.0 Å². The lowest BCUT2D eigenvalue weighted by Crippen LogP contribution is -2.34. The zero-order chi connectivity index (χ0) is 15.5. The van der Waals surface area contributed by atoms with Gasteiger partial charge in [0.05, 0.1) is 5.75 Å². The normalized spacial score (nSPS) is 10.4. The van der Waals surface area contributed by atoms with Crippen LogP contribution < -0.4 is 5.73 Å². The first-order chi connectivity index (χ1) is 10.1. The van der Waals surface area contributed by atoms with Crippen LogP contribution in [-0.2, 0) is 11.3 Å². The molecule has 5 heteroatoms. The Labute approximate surface area is 145 Å². The molecule has 22 heavy (non-hydrogen) atoms. The van der Waals surface area contributed by atoms with Gasteiger partial charge in [0, 0.05) is 13.1 Å². The fourth-order valence-corrected chi connectivity index (χ4v) is 3.09. The molecule has 0 saturated carbocycles. The van der Waals surface area contributed by atoms with Crippen LogP contribution >= 0.6 is 24.2 Å². The molecule has 1 rings (SSSR count). The predicted octanol–water partition coefficient (Wildman–Crippen LogP) is 3.57. The number of carbonyl (C=O) groups excluding carboxylic acids is 1. The van der Waals surface area contributed by atoms with Crippen LogP contribution in [-0.4, -0.2) is 35.4 Å². The monoisotopic (exact) mass is 344 g/mol. The van der Waals surface area contributed by atoms with E-state index in [2.05, 4.69) is 26.0 Å². The lowest BCUT2D eigenvalue weighted by atomic mass is 10.2. The van der Waals surface area contributed by atoms with E-state index >= 15 is 0 Å². The smallest absolute Gasteiger partial charge is 0.232 e. The molecule has 0 fully saturated rings. The van der Waals surface area contributed by atoms with E-state index < -0.39 is 0 Å². The number of amides is 1. The number of halogens is 1. The van der Waals surface area contributed by atoms with Crippen molar-refractivity contribution in [3.8, 4) is 0 Å². The van der Waals surface area contributed by atoms with Gasteiger partial charge in [-0.15, -0.1) is 12.4 Å². The number of nitrogens with zero attached hydrogens (tertiary/aromatic N) is 1. The van der Waals surface area contributed by atoms with E-state index in [1.54, 1.807) is 11.8 Å². The van der Waals surface area contributed by atoms with Crippen LogP contribution in [0.5, 0.6) is 0 Å². The molecule has 0 aliphatic heterocycles. The number of hydrogen-bond acceptors (Lipinski definition) is 3. The fourth-order valence-electron chi connectivity index (χ4n) is 1.95. The van der Waals surface area contributed by atoms with E-state index in [1.807, 2.05) is 23.1 Å². The summed E-state index contributed by atoms with van der Waals surface area (Å²) in [5.74, 6) is 2.55. The Balaban J connectivity index is 0.00000441. The number of thioether (sulfide) groups is 1. The zero-order valence-electron chi connectivity index (χ0n) is 13.7. The molecule has 3 nitrogen and oxygen atoms in total. The van der Waals surface area contributed by atoms with Gasteiger partial charge in [0.25, 0.3) is 0 Å². The average molecular weight is 345 g/mol. The maximum absolute atomic E-state index is 12.4. The first kappa shape index (κ1) is 21.3. The third-order valence-electron chi connectivity index (χ3n) is 3.27. The van der Waals surface area contributed by atoms with Crippen molar-refractivity contribution >= 4 is 30.1 Å². The minimum atomic E-state index is 0. The van der Waals surface area contributed by atoms with Gasteiger partial charge in [0.1, 0.15) is 0 Å². The quantitative estimate of drug-likeness (QED) is 0.660. The number of rotatable bonds is 10. The van der Waals surface area contributed by atoms with Crippen LogP contribution in [0.2, 0.25) is 0 Å². The molecule has 1 amide bonds. The van der Waals surface area contributed by atoms with Crippen molar-refractivity contribution in [1.82, 2.24) is 4.90 Å². The Hall–Kier alpha value is -0.710. The highest BCUT2D eigenvalue weighted by Gasteiger charge is 2.13. The molecule has 0 saturated heterocycles. The van der Waals surface area contributed by atoms with E-state index in [-0.39, 0.29) is 18.3 Å². The summed E-state index contributed by atoms with van der Waals surface area (Å²) in [6.07, 6.45) is 2.02. The molecule has 2 N–H and O–H groups in total.